The molecule has 4 aromatic carbocycles. The van der Waals surface area contributed by atoms with Gasteiger partial charge in [0.1, 0.15) is 17.3 Å². The Hall–Kier alpha value is -5.26. The van der Waals surface area contributed by atoms with E-state index in [0.29, 0.717) is 21.9 Å². The standard InChI is InChI=1S/C34H27FN4O4S2/c1-43-27-11-5-9-24(18-27)30-20-45-34(38-30)39-31(40)21-44-28-12-6-10-26(19-28)36-33(42)29(17-22-13-15-25(35)16-14-22)37-32(41)23-7-3-2-4-8-23/h2-20H,21H2,1H3,(H,36,42)(H,37,41)(H,38,39,40)/b29-17-. The van der Waals surface area contributed by atoms with Gasteiger partial charge in [0.25, 0.3) is 11.8 Å². The Morgan fingerprint density at radius 3 is 2.47 bits per heavy atom. The third-order valence-corrected chi connectivity index (χ3v) is 8.04. The number of methoxy groups -OCH3 is 1. The fraction of sp³-hybridized carbons (Fsp3) is 0.0588. The Morgan fingerprint density at radius 1 is 0.911 bits per heavy atom. The van der Waals surface area contributed by atoms with Crippen LogP contribution < -0.4 is 20.7 Å². The summed E-state index contributed by atoms with van der Waals surface area (Å²) in [5, 5.41) is 10.6. The topological polar surface area (TPSA) is 109 Å². The molecule has 8 nitrogen and oxygen atoms in total. The minimum absolute atomic E-state index is 0.0235. The molecule has 5 rings (SSSR count). The van der Waals surface area contributed by atoms with Crippen LogP contribution in [0.25, 0.3) is 17.3 Å². The van der Waals surface area contributed by atoms with Gasteiger partial charge < -0.3 is 20.7 Å². The van der Waals surface area contributed by atoms with Crippen molar-refractivity contribution in [2.75, 3.05) is 23.5 Å². The molecule has 0 unspecified atom stereocenters. The number of halogens is 1. The first-order valence-corrected chi connectivity index (χ1v) is 15.5. The second-order valence-electron chi connectivity index (χ2n) is 9.52. The molecule has 0 aliphatic rings. The maximum absolute atomic E-state index is 13.4. The fourth-order valence-electron chi connectivity index (χ4n) is 4.08. The van der Waals surface area contributed by atoms with Gasteiger partial charge in [-0.1, -0.05) is 48.5 Å². The van der Waals surface area contributed by atoms with E-state index in [4.69, 9.17) is 4.74 Å². The number of anilines is 2. The Labute approximate surface area is 267 Å². The third kappa shape index (κ3) is 8.88. The number of carbonyl (C=O) groups excluding carboxylic acids is 3. The maximum Gasteiger partial charge on any atom is 0.272 e. The van der Waals surface area contributed by atoms with Crippen LogP contribution in [0.5, 0.6) is 5.75 Å². The number of aromatic nitrogens is 1. The summed E-state index contributed by atoms with van der Waals surface area (Å²) in [6.45, 7) is 0. The molecule has 0 aliphatic heterocycles. The molecule has 3 amide bonds. The second-order valence-corrected chi connectivity index (χ2v) is 11.4. The van der Waals surface area contributed by atoms with E-state index in [-0.39, 0.29) is 17.4 Å². The van der Waals surface area contributed by atoms with Crippen LogP contribution in [0.15, 0.2) is 119 Å². The quantitative estimate of drug-likeness (QED) is 0.105. The first-order valence-electron chi connectivity index (χ1n) is 13.6. The monoisotopic (exact) mass is 638 g/mol. The van der Waals surface area contributed by atoms with Crippen molar-refractivity contribution in [3.63, 3.8) is 0 Å². The largest absolute Gasteiger partial charge is 0.497 e. The van der Waals surface area contributed by atoms with Gasteiger partial charge in [0.2, 0.25) is 5.91 Å². The molecule has 0 aliphatic carbocycles. The predicted octanol–water partition coefficient (Wildman–Crippen LogP) is 7.10. The molecule has 0 saturated carbocycles. The van der Waals surface area contributed by atoms with Crippen LogP contribution in [0, 0.1) is 5.82 Å². The molecule has 3 N–H and O–H groups in total. The minimum atomic E-state index is -0.570. The van der Waals surface area contributed by atoms with Crippen LogP contribution in [0.4, 0.5) is 15.2 Å². The molecule has 0 spiro atoms. The number of thioether (sulfide) groups is 1. The number of rotatable bonds is 11. The smallest absolute Gasteiger partial charge is 0.272 e. The van der Waals surface area contributed by atoms with Crippen molar-refractivity contribution >= 4 is 57.7 Å². The van der Waals surface area contributed by atoms with Crippen molar-refractivity contribution < 1.29 is 23.5 Å². The van der Waals surface area contributed by atoms with E-state index in [1.54, 1.807) is 55.6 Å². The van der Waals surface area contributed by atoms with E-state index < -0.39 is 17.6 Å². The molecule has 0 atom stereocenters. The zero-order valence-electron chi connectivity index (χ0n) is 24.0. The van der Waals surface area contributed by atoms with E-state index in [0.717, 1.165) is 21.9 Å². The van der Waals surface area contributed by atoms with Gasteiger partial charge >= 0.3 is 0 Å². The normalized spacial score (nSPS) is 11.0. The zero-order chi connectivity index (χ0) is 31.6. The molecule has 1 heterocycles. The molecule has 0 fully saturated rings. The van der Waals surface area contributed by atoms with E-state index >= 15 is 0 Å². The highest BCUT2D eigenvalue weighted by atomic mass is 32.2. The number of carbonyl (C=O) groups is 3. The summed E-state index contributed by atoms with van der Waals surface area (Å²) in [4.78, 5) is 44.1. The molecular weight excluding hydrogens is 612 g/mol. The van der Waals surface area contributed by atoms with Gasteiger partial charge in [-0.25, -0.2) is 9.37 Å². The van der Waals surface area contributed by atoms with E-state index in [1.165, 1.54) is 53.4 Å². The van der Waals surface area contributed by atoms with Crippen molar-refractivity contribution in [3.05, 3.63) is 131 Å². The molecule has 0 radical (unpaired) electrons. The molecule has 226 valence electrons. The summed E-state index contributed by atoms with van der Waals surface area (Å²) in [5.74, 6) is -0.843. The lowest BCUT2D eigenvalue weighted by Gasteiger charge is -2.12. The lowest BCUT2D eigenvalue weighted by atomic mass is 10.1. The van der Waals surface area contributed by atoms with Gasteiger partial charge in [-0.05, 0) is 66.2 Å². The molecular formula is C34H27FN4O4S2. The van der Waals surface area contributed by atoms with Gasteiger partial charge in [0.15, 0.2) is 5.13 Å². The van der Waals surface area contributed by atoms with Crippen LogP contribution in [-0.2, 0) is 9.59 Å². The number of thiazole rings is 1. The summed E-state index contributed by atoms with van der Waals surface area (Å²) in [6.07, 6.45) is 1.47. The van der Waals surface area contributed by atoms with Gasteiger partial charge in [0.05, 0.1) is 18.6 Å². The van der Waals surface area contributed by atoms with Crippen molar-refractivity contribution in [2.45, 2.75) is 4.90 Å². The minimum Gasteiger partial charge on any atom is -0.497 e. The highest BCUT2D eigenvalue weighted by Crippen LogP contribution is 2.28. The Kier molecular flexibility index (Phi) is 10.4. The molecule has 11 heteroatoms. The molecule has 0 bridgehead atoms. The summed E-state index contributed by atoms with van der Waals surface area (Å²) < 4.78 is 18.7. The molecule has 45 heavy (non-hydrogen) atoms. The first kappa shape index (κ1) is 31.2. The van der Waals surface area contributed by atoms with E-state index in [9.17, 15) is 18.8 Å². The summed E-state index contributed by atoms with van der Waals surface area (Å²) in [6, 6.07) is 28.6. The van der Waals surface area contributed by atoms with Crippen molar-refractivity contribution in [1.29, 1.82) is 0 Å². The lowest BCUT2D eigenvalue weighted by molar-refractivity contribution is -0.114. The molecule has 0 saturated heterocycles. The summed E-state index contributed by atoms with van der Waals surface area (Å²) in [7, 11) is 1.60. The number of hydrogen-bond donors (Lipinski definition) is 3. The number of hydrogen-bond acceptors (Lipinski definition) is 7. The van der Waals surface area contributed by atoms with E-state index in [1.807, 2.05) is 35.7 Å². The van der Waals surface area contributed by atoms with Gasteiger partial charge in [-0.2, -0.15) is 0 Å². The average Bonchev–Trinajstić information content (AvgIpc) is 3.53. The molecule has 1 aromatic heterocycles. The Bertz CT molecular complexity index is 1840. The van der Waals surface area contributed by atoms with Crippen LogP contribution in [0.2, 0.25) is 0 Å². The number of benzene rings is 4. The molecule has 5 aromatic rings. The fourth-order valence-corrected chi connectivity index (χ4v) is 5.57. The highest BCUT2D eigenvalue weighted by Gasteiger charge is 2.16. The SMILES string of the molecule is COc1cccc(-c2csc(NC(=O)CSc3cccc(NC(=O)/C(=C/c4ccc(F)cc4)NC(=O)c4ccccc4)c3)n2)c1. The summed E-state index contributed by atoms with van der Waals surface area (Å²) >= 11 is 2.62. The van der Waals surface area contributed by atoms with Crippen LogP contribution in [0.1, 0.15) is 15.9 Å². The van der Waals surface area contributed by atoms with Gasteiger partial charge in [-0.15, -0.1) is 23.1 Å². The Morgan fingerprint density at radius 2 is 1.69 bits per heavy atom. The number of ether oxygens (including phenoxy) is 1. The Balaban J connectivity index is 1.22. The van der Waals surface area contributed by atoms with E-state index in [2.05, 4.69) is 20.9 Å². The number of nitrogens with one attached hydrogen (secondary N) is 3. The van der Waals surface area contributed by atoms with Crippen molar-refractivity contribution in [2.24, 2.45) is 0 Å². The highest BCUT2D eigenvalue weighted by molar-refractivity contribution is 8.00. The predicted molar refractivity (Wildman–Crippen MR) is 177 cm³/mol. The van der Waals surface area contributed by atoms with Gasteiger partial charge in [0, 0.05) is 27.1 Å². The lowest BCUT2D eigenvalue weighted by Crippen LogP contribution is -2.30. The maximum atomic E-state index is 13.4. The summed E-state index contributed by atoms with van der Waals surface area (Å²) in [5.41, 5.74) is 2.96. The number of amides is 3. The first-order chi connectivity index (χ1) is 21.9. The average molecular weight is 639 g/mol. The number of nitrogens with zero attached hydrogens (tertiary/aromatic N) is 1. The van der Waals surface area contributed by atoms with Crippen LogP contribution in [0.3, 0.4) is 0 Å². The van der Waals surface area contributed by atoms with Crippen LogP contribution >= 0.6 is 23.1 Å². The van der Waals surface area contributed by atoms with Crippen molar-refractivity contribution in [1.82, 2.24) is 10.3 Å². The zero-order valence-corrected chi connectivity index (χ0v) is 25.6. The van der Waals surface area contributed by atoms with Crippen LogP contribution in [-0.4, -0.2) is 35.6 Å². The second kappa shape index (κ2) is 15.0. The van der Waals surface area contributed by atoms with Gasteiger partial charge in [-0.3, -0.25) is 14.4 Å². The van der Waals surface area contributed by atoms with Crippen molar-refractivity contribution in [3.8, 4) is 17.0 Å². The third-order valence-electron chi connectivity index (χ3n) is 6.29.